The topological polar surface area (TPSA) is 110 Å². The van der Waals surface area contributed by atoms with Crippen LogP contribution in [0, 0.1) is 0 Å². The van der Waals surface area contributed by atoms with Crippen LogP contribution in [0.4, 0.5) is 0 Å². The lowest BCUT2D eigenvalue weighted by atomic mass is 9.98. The van der Waals surface area contributed by atoms with Gasteiger partial charge in [0.1, 0.15) is 12.7 Å². The molecular formula is C19H21NO8. The minimum absolute atomic E-state index is 0.190. The number of carbonyl (C=O) groups excluding carboxylic acids is 3. The van der Waals surface area contributed by atoms with Gasteiger partial charge in [-0.05, 0) is 12.1 Å². The van der Waals surface area contributed by atoms with Crippen LogP contribution in [0.25, 0.3) is 0 Å². The highest BCUT2D eigenvalue weighted by Crippen LogP contribution is 2.33. The van der Waals surface area contributed by atoms with Gasteiger partial charge in [-0.1, -0.05) is 18.2 Å². The molecule has 0 spiro atoms. The van der Waals surface area contributed by atoms with E-state index in [-0.39, 0.29) is 6.61 Å². The molecule has 9 heteroatoms. The molecule has 2 heterocycles. The lowest BCUT2D eigenvalue weighted by Gasteiger charge is -2.40. The Labute approximate surface area is 161 Å². The largest absolute Gasteiger partial charge is 0.465 e. The quantitative estimate of drug-likeness (QED) is 0.540. The smallest absolute Gasteiger partial charge is 0.303 e. The molecule has 1 aromatic carbocycles. The third-order valence-electron chi connectivity index (χ3n) is 4.18. The van der Waals surface area contributed by atoms with Crippen LogP contribution in [0.3, 0.4) is 0 Å². The van der Waals surface area contributed by atoms with Gasteiger partial charge in [0.05, 0.1) is 0 Å². The fourth-order valence-electron chi connectivity index (χ4n) is 3.12. The zero-order valence-electron chi connectivity index (χ0n) is 15.7. The van der Waals surface area contributed by atoms with Crippen molar-refractivity contribution in [2.75, 3.05) is 6.61 Å². The fourth-order valence-corrected chi connectivity index (χ4v) is 3.12. The van der Waals surface area contributed by atoms with E-state index in [1.807, 2.05) is 30.3 Å². The molecule has 0 amide bonds. The van der Waals surface area contributed by atoms with E-state index in [1.165, 1.54) is 20.8 Å². The highest BCUT2D eigenvalue weighted by molar-refractivity contribution is 5.95. The Bertz CT molecular complexity index is 777. The normalized spacial score (nSPS) is 28.4. The summed E-state index contributed by atoms with van der Waals surface area (Å²) in [5, 5.41) is 0. The summed E-state index contributed by atoms with van der Waals surface area (Å²) in [6, 6.07) is 9.15. The van der Waals surface area contributed by atoms with Crippen LogP contribution in [0.15, 0.2) is 35.3 Å². The highest BCUT2D eigenvalue weighted by atomic mass is 16.7. The first-order valence-corrected chi connectivity index (χ1v) is 8.78. The third-order valence-corrected chi connectivity index (χ3v) is 4.18. The summed E-state index contributed by atoms with van der Waals surface area (Å²) < 4.78 is 27.5. The van der Waals surface area contributed by atoms with Crippen molar-refractivity contribution in [3.63, 3.8) is 0 Å². The Hall–Kier alpha value is -2.94. The number of hydrogen-bond acceptors (Lipinski definition) is 9. The fraction of sp³-hybridized carbons (Fsp3) is 0.474. The lowest BCUT2D eigenvalue weighted by molar-refractivity contribution is -0.236. The van der Waals surface area contributed by atoms with Crippen LogP contribution in [0.5, 0.6) is 0 Å². The molecule has 0 radical (unpaired) electrons. The summed E-state index contributed by atoms with van der Waals surface area (Å²) in [7, 11) is 0. The molecule has 0 aliphatic carbocycles. The van der Waals surface area contributed by atoms with Gasteiger partial charge in [0.25, 0.3) is 0 Å². The van der Waals surface area contributed by atoms with Crippen molar-refractivity contribution in [1.82, 2.24) is 0 Å². The van der Waals surface area contributed by atoms with Gasteiger partial charge in [0, 0.05) is 26.3 Å². The SMILES string of the molecule is CC(=O)OC[C@H]1O[C@@H]2N=C(c3ccccc3)O[C@@H]2[C@@H](OC(C)=O)[C@@H]1OC(C)=O. The maximum atomic E-state index is 11.7. The van der Waals surface area contributed by atoms with Gasteiger partial charge in [-0.15, -0.1) is 0 Å². The van der Waals surface area contributed by atoms with Crippen molar-refractivity contribution in [3.8, 4) is 0 Å². The summed E-state index contributed by atoms with van der Waals surface area (Å²) >= 11 is 0. The number of carbonyl (C=O) groups is 3. The van der Waals surface area contributed by atoms with E-state index in [2.05, 4.69) is 4.99 Å². The monoisotopic (exact) mass is 391 g/mol. The molecule has 0 unspecified atom stereocenters. The zero-order chi connectivity index (χ0) is 20.3. The molecule has 9 nitrogen and oxygen atoms in total. The maximum Gasteiger partial charge on any atom is 0.303 e. The first-order chi connectivity index (χ1) is 13.3. The van der Waals surface area contributed by atoms with E-state index in [1.54, 1.807) is 0 Å². The standard InChI is InChI=1S/C19H21NO8/c1-10(21)24-9-14-15(25-11(2)22)16(26-12(3)23)17-19(27-14)20-18(28-17)13-7-5-4-6-8-13/h4-8,14-17,19H,9H2,1-3H3/t14-,15-,16+,17-,19+/m1/s1. The van der Waals surface area contributed by atoms with Crippen molar-refractivity contribution in [1.29, 1.82) is 0 Å². The average molecular weight is 391 g/mol. The Morgan fingerprint density at radius 1 is 0.964 bits per heavy atom. The second kappa shape index (κ2) is 8.39. The second-order valence-electron chi connectivity index (χ2n) is 6.40. The molecule has 1 saturated heterocycles. The summed E-state index contributed by atoms with van der Waals surface area (Å²) in [5.74, 6) is -1.38. The number of esters is 3. The van der Waals surface area contributed by atoms with E-state index >= 15 is 0 Å². The number of hydrogen-bond donors (Lipinski definition) is 0. The molecule has 3 rings (SSSR count). The number of aliphatic imine (C=N–C) groups is 1. The molecule has 1 aromatic rings. The molecule has 1 fully saturated rings. The minimum atomic E-state index is -1.02. The predicted octanol–water partition coefficient (Wildman–Crippen LogP) is 0.983. The van der Waals surface area contributed by atoms with Gasteiger partial charge < -0.3 is 23.7 Å². The Morgan fingerprint density at radius 3 is 2.21 bits per heavy atom. The molecule has 0 N–H and O–H groups in total. The van der Waals surface area contributed by atoms with Crippen molar-refractivity contribution >= 4 is 23.8 Å². The number of fused-ring (bicyclic) bond motifs is 1. The van der Waals surface area contributed by atoms with E-state index in [4.69, 9.17) is 23.7 Å². The molecule has 150 valence electrons. The van der Waals surface area contributed by atoms with Crippen LogP contribution < -0.4 is 0 Å². The third kappa shape index (κ3) is 4.48. The van der Waals surface area contributed by atoms with Crippen LogP contribution >= 0.6 is 0 Å². The molecule has 2 aliphatic rings. The highest BCUT2D eigenvalue weighted by Gasteiger charge is 2.54. The maximum absolute atomic E-state index is 11.7. The number of rotatable bonds is 5. The molecule has 0 aromatic heterocycles. The summed E-state index contributed by atoms with van der Waals surface area (Å²) in [6.45, 7) is 3.52. The van der Waals surface area contributed by atoms with Crippen molar-refractivity contribution in [3.05, 3.63) is 35.9 Å². The lowest BCUT2D eigenvalue weighted by Crippen LogP contribution is -2.60. The molecule has 0 bridgehead atoms. The van der Waals surface area contributed by atoms with Gasteiger partial charge in [0.15, 0.2) is 24.5 Å². The number of ether oxygens (including phenoxy) is 5. The Morgan fingerprint density at radius 2 is 1.61 bits per heavy atom. The van der Waals surface area contributed by atoms with Gasteiger partial charge in [-0.25, -0.2) is 4.99 Å². The van der Waals surface area contributed by atoms with Crippen molar-refractivity contribution in [2.45, 2.75) is 51.4 Å². The number of nitrogens with zero attached hydrogens (tertiary/aromatic N) is 1. The minimum Gasteiger partial charge on any atom is -0.465 e. The average Bonchev–Trinajstić information content (AvgIpc) is 3.06. The van der Waals surface area contributed by atoms with Crippen LogP contribution in [0.2, 0.25) is 0 Å². The van der Waals surface area contributed by atoms with Gasteiger partial charge in [-0.2, -0.15) is 0 Å². The second-order valence-corrected chi connectivity index (χ2v) is 6.40. The summed E-state index contributed by atoms with van der Waals surface area (Å²) in [5.41, 5.74) is 0.725. The molecule has 0 saturated carbocycles. The van der Waals surface area contributed by atoms with Gasteiger partial charge >= 0.3 is 17.9 Å². The van der Waals surface area contributed by atoms with Gasteiger partial charge in [0.2, 0.25) is 5.90 Å². The number of benzene rings is 1. The first-order valence-electron chi connectivity index (χ1n) is 8.78. The zero-order valence-corrected chi connectivity index (χ0v) is 15.7. The van der Waals surface area contributed by atoms with E-state index in [9.17, 15) is 14.4 Å². The van der Waals surface area contributed by atoms with Crippen molar-refractivity contribution < 1.29 is 38.1 Å². The van der Waals surface area contributed by atoms with E-state index in [0.717, 1.165) is 5.56 Å². The first kappa shape index (κ1) is 19.8. The predicted molar refractivity (Wildman–Crippen MR) is 94.3 cm³/mol. The van der Waals surface area contributed by atoms with E-state index < -0.39 is 48.6 Å². The van der Waals surface area contributed by atoms with Crippen molar-refractivity contribution in [2.24, 2.45) is 4.99 Å². The molecule has 5 atom stereocenters. The molecule has 2 aliphatic heterocycles. The van der Waals surface area contributed by atoms with Crippen LogP contribution in [-0.2, 0) is 38.1 Å². The van der Waals surface area contributed by atoms with Crippen LogP contribution in [0.1, 0.15) is 26.3 Å². The molecule has 28 heavy (non-hydrogen) atoms. The Balaban J connectivity index is 1.90. The van der Waals surface area contributed by atoms with Crippen LogP contribution in [-0.4, -0.2) is 61.1 Å². The summed E-state index contributed by atoms with van der Waals surface area (Å²) in [4.78, 5) is 38.9. The molecular weight excluding hydrogens is 370 g/mol. The Kier molecular flexibility index (Phi) is 5.93. The van der Waals surface area contributed by atoms with E-state index in [0.29, 0.717) is 5.90 Å². The van der Waals surface area contributed by atoms with Gasteiger partial charge in [-0.3, -0.25) is 14.4 Å². The summed E-state index contributed by atoms with van der Waals surface area (Å²) in [6.07, 6.45) is -4.50.